The standard InChI is InChI=1S/C28H31NO8/c1-5-17(7-9-25(33)34)6-8-24(16(4)30)37-28(36)15(3)11-20-26-19-10-14(2)22(31)12-18(19)23(32)13-21(26)29-27(20)35/h6,8,10-13,16-17,24,30-32H,5,7,9H2,1-4H3,(H,33,34)/b8-6+,15-11-/t16-,17-,24-/m0/s1. The molecule has 0 saturated carbocycles. The molecule has 0 saturated heterocycles. The van der Waals surface area contributed by atoms with Crippen molar-refractivity contribution in [3.05, 3.63) is 58.1 Å². The van der Waals surface area contributed by atoms with E-state index in [1.807, 2.05) is 6.92 Å². The number of amides is 1. The summed E-state index contributed by atoms with van der Waals surface area (Å²) in [6.45, 7) is 6.55. The summed E-state index contributed by atoms with van der Waals surface area (Å²) in [6, 6.07) is 4.38. The van der Waals surface area contributed by atoms with Crippen molar-refractivity contribution in [2.45, 2.75) is 59.2 Å². The Hall–Kier alpha value is -3.98. The predicted octanol–water partition coefficient (Wildman–Crippen LogP) is 2.56. The lowest BCUT2D eigenvalue weighted by Crippen LogP contribution is -2.28. The number of nitrogens with zero attached hydrogens (tertiary/aromatic N) is 1. The quantitative estimate of drug-likeness (QED) is 0.216. The Balaban J connectivity index is 1.95. The maximum absolute atomic E-state index is 12.9. The van der Waals surface area contributed by atoms with E-state index in [-0.39, 0.29) is 40.3 Å². The van der Waals surface area contributed by atoms with Gasteiger partial charge in [-0.2, -0.15) is 0 Å². The molecule has 37 heavy (non-hydrogen) atoms. The van der Waals surface area contributed by atoms with Crippen molar-refractivity contribution in [2.75, 3.05) is 0 Å². The van der Waals surface area contributed by atoms with Crippen molar-refractivity contribution < 1.29 is 39.5 Å². The number of carbonyl (C=O) groups excluding carboxylic acids is 2. The molecule has 1 amide bonds. The normalized spacial score (nSPS) is 16.0. The highest BCUT2D eigenvalue weighted by molar-refractivity contribution is 6.21. The van der Waals surface area contributed by atoms with Crippen LogP contribution in [0.2, 0.25) is 0 Å². The molecule has 2 aromatic carbocycles. The minimum absolute atomic E-state index is 0.00800. The Bertz CT molecular complexity index is 1430. The van der Waals surface area contributed by atoms with Crippen molar-refractivity contribution in [1.29, 1.82) is 0 Å². The van der Waals surface area contributed by atoms with Gasteiger partial charge in [-0.05, 0) is 74.8 Å². The average molecular weight is 510 g/mol. The molecule has 0 radical (unpaired) electrons. The first kappa shape index (κ1) is 27.6. The molecule has 1 heterocycles. The second-order valence-corrected chi connectivity index (χ2v) is 9.23. The van der Waals surface area contributed by atoms with Crippen LogP contribution in [0.3, 0.4) is 0 Å². The van der Waals surface area contributed by atoms with E-state index >= 15 is 0 Å². The van der Waals surface area contributed by atoms with E-state index in [1.54, 1.807) is 25.1 Å². The highest BCUT2D eigenvalue weighted by Crippen LogP contribution is 2.28. The Kier molecular flexibility index (Phi) is 8.49. The number of aliphatic hydroxyl groups is 1. The number of rotatable bonds is 10. The van der Waals surface area contributed by atoms with Crippen molar-refractivity contribution in [2.24, 2.45) is 10.9 Å². The van der Waals surface area contributed by atoms with Crippen LogP contribution in [0.1, 0.15) is 45.6 Å². The number of hydrogen-bond donors (Lipinski definition) is 4. The van der Waals surface area contributed by atoms with Crippen LogP contribution in [0.25, 0.3) is 16.3 Å². The zero-order chi connectivity index (χ0) is 27.4. The van der Waals surface area contributed by atoms with E-state index in [9.17, 15) is 29.7 Å². The molecular formula is C28H31NO8. The van der Waals surface area contributed by atoms with Gasteiger partial charge in [0, 0.05) is 28.7 Å². The lowest BCUT2D eigenvalue weighted by molar-refractivity contribution is -0.146. The number of ether oxygens (including phenoxy) is 1. The number of carbonyl (C=O) groups is 3. The van der Waals surface area contributed by atoms with Gasteiger partial charge in [-0.25, -0.2) is 9.79 Å². The minimum atomic E-state index is -1.02. The molecule has 0 aliphatic carbocycles. The summed E-state index contributed by atoms with van der Waals surface area (Å²) in [5, 5.41) is 41.0. The number of carboxylic acids is 1. The fraction of sp³-hybridized carbons (Fsp3) is 0.357. The number of aromatic hydroxyl groups is 2. The zero-order valence-electron chi connectivity index (χ0n) is 21.2. The van der Waals surface area contributed by atoms with E-state index < -0.39 is 30.1 Å². The smallest absolute Gasteiger partial charge is 0.334 e. The second kappa shape index (κ2) is 11.4. The largest absolute Gasteiger partial charge is 0.508 e. The topological polar surface area (TPSA) is 154 Å². The zero-order valence-corrected chi connectivity index (χ0v) is 21.2. The molecular weight excluding hydrogens is 478 g/mol. The van der Waals surface area contributed by atoms with Crippen LogP contribution in [0.4, 0.5) is 0 Å². The third kappa shape index (κ3) is 6.24. The molecule has 1 aliphatic heterocycles. The van der Waals surface area contributed by atoms with Crippen molar-refractivity contribution in [1.82, 2.24) is 0 Å². The van der Waals surface area contributed by atoms with Crippen LogP contribution in [0, 0.1) is 12.8 Å². The molecule has 3 rings (SSSR count). The first-order valence-corrected chi connectivity index (χ1v) is 12.0. The average Bonchev–Trinajstić information content (AvgIpc) is 3.13. The van der Waals surface area contributed by atoms with Crippen LogP contribution in [0.15, 0.2) is 47.0 Å². The molecule has 0 spiro atoms. The maximum Gasteiger partial charge on any atom is 0.334 e. The summed E-state index contributed by atoms with van der Waals surface area (Å²) in [5.41, 5.74) is 0.780. The molecule has 9 heteroatoms. The number of carboxylic acid groups (broad SMARTS) is 1. The Labute approximate surface area is 213 Å². The van der Waals surface area contributed by atoms with Crippen molar-refractivity contribution in [3.8, 4) is 11.5 Å². The van der Waals surface area contributed by atoms with Gasteiger partial charge in [0.15, 0.2) is 0 Å². The Morgan fingerprint density at radius 2 is 1.81 bits per heavy atom. The van der Waals surface area contributed by atoms with Crippen molar-refractivity contribution >= 4 is 34.2 Å². The van der Waals surface area contributed by atoms with Gasteiger partial charge in [-0.15, -0.1) is 0 Å². The van der Waals surface area contributed by atoms with E-state index in [0.717, 1.165) is 0 Å². The van der Waals surface area contributed by atoms with Gasteiger partial charge < -0.3 is 25.2 Å². The SMILES string of the molecule is CC[C@@H](/C=C/[C@H](OC(=O)/C(C)=C\C1=c2c(cc(O)c3cc(O)c(C)cc23)=NC1=O)[C@H](C)O)CCC(=O)O. The highest BCUT2D eigenvalue weighted by Gasteiger charge is 2.23. The van der Waals surface area contributed by atoms with Crippen LogP contribution in [-0.2, 0) is 19.1 Å². The number of benzene rings is 2. The predicted molar refractivity (Wildman–Crippen MR) is 136 cm³/mol. The monoisotopic (exact) mass is 509 g/mol. The molecule has 0 aromatic heterocycles. The van der Waals surface area contributed by atoms with Crippen LogP contribution in [0.5, 0.6) is 11.5 Å². The molecule has 3 atom stereocenters. The summed E-state index contributed by atoms with van der Waals surface area (Å²) < 4.78 is 5.48. The third-order valence-electron chi connectivity index (χ3n) is 6.36. The first-order chi connectivity index (χ1) is 17.4. The summed E-state index contributed by atoms with van der Waals surface area (Å²) in [7, 11) is 0. The fourth-order valence-electron chi connectivity index (χ4n) is 4.12. The van der Waals surface area contributed by atoms with Gasteiger partial charge in [-0.3, -0.25) is 9.59 Å². The fourth-order valence-corrected chi connectivity index (χ4v) is 4.12. The molecule has 0 unspecified atom stereocenters. The van der Waals surface area contributed by atoms with Gasteiger partial charge in [0.1, 0.15) is 17.6 Å². The Morgan fingerprint density at radius 3 is 2.43 bits per heavy atom. The number of allylic oxidation sites excluding steroid dienone is 1. The van der Waals surface area contributed by atoms with Gasteiger partial charge >= 0.3 is 11.9 Å². The molecule has 1 aliphatic rings. The Morgan fingerprint density at radius 1 is 1.11 bits per heavy atom. The van der Waals surface area contributed by atoms with Gasteiger partial charge in [0.05, 0.1) is 17.0 Å². The van der Waals surface area contributed by atoms with E-state index in [1.165, 1.54) is 32.1 Å². The van der Waals surface area contributed by atoms with Crippen LogP contribution >= 0.6 is 0 Å². The number of hydrogen-bond acceptors (Lipinski definition) is 7. The van der Waals surface area contributed by atoms with E-state index in [0.29, 0.717) is 34.4 Å². The second-order valence-electron chi connectivity index (χ2n) is 9.23. The number of esters is 1. The lowest BCUT2D eigenvalue weighted by atomic mass is 9.98. The molecule has 196 valence electrons. The van der Waals surface area contributed by atoms with Crippen LogP contribution in [-0.4, -0.2) is 50.5 Å². The number of phenols is 2. The van der Waals surface area contributed by atoms with Crippen molar-refractivity contribution in [3.63, 3.8) is 0 Å². The number of aliphatic hydroxyl groups excluding tert-OH is 1. The molecule has 9 nitrogen and oxygen atoms in total. The maximum atomic E-state index is 12.9. The van der Waals surface area contributed by atoms with Gasteiger partial charge in [0.25, 0.3) is 5.91 Å². The van der Waals surface area contributed by atoms with Crippen LogP contribution < -0.4 is 10.6 Å². The number of phenolic OH excluding ortho intramolecular Hbond substituents is 2. The molecule has 0 bridgehead atoms. The number of fused-ring (bicyclic) bond motifs is 3. The highest BCUT2D eigenvalue weighted by atomic mass is 16.6. The third-order valence-corrected chi connectivity index (χ3v) is 6.36. The molecule has 2 aromatic rings. The molecule has 0 fully saturated rings. The van der Waals surface area contributed by atoms with Gasteiger partial charge in [-0.1, -0.05) is 13.0 Å². The van der Waals surface area contributed by atoms with E-state index in [2.05, 4.69) is 4.99 Å². The summed E-state index contributed by atoms with van der Waals surface area (Å²) >= 11 is 0. The lowest BCUT2D eigenvalue weighted by Gasteiger charge is -2.18. The summed E-state index contributed by atoms with van der Waals surface area (Å²) in [6.07, 6.45) is 3.78. The minimum Gasteiger partial charge on any atom is -0.508 e. The number of aliphatic carboxylic acids is 1. The first-order valence-electron chi connectivity index (χ1n) is 12.0. The summed E-state index contributed by atoms with van der Waals surface area (Å²) in [5.74, 6) is -2.43. The number of aryl methyl sites for hydroxylation is 1. The molecule has 4 N–H and O–H groups in total. The summed E-state index contributed by atoms with van der Waals surface area (Å²) in [4.78, 5) is 40.4. The van der Waals surface area contributed by atoms with E-state index in [4.69, 9.17) is 9.84 Å². The van der Waals surface area contributed by atoms with Gasteiger partial charge in [0.2, 0.25) is 0 Å².